The van der Waals surface area contributed by atoms with Crippen LogP contribution in [0.15, 0.2) is 70.8 Å². The highest BCUT2D eigenvalue weighted by atomic mass is 32.2. The van der Waals surface area contributed by atoms with Gasteiger partial charge < -0.3 is 9.87 Å². The molecule has 0 radical (unpaired) electrons. The van der Waals surface area contributed by atoms with Gasteiger partial charge in [0.05, 0.1) is 11.3 Å². The monoisotopic (exact) mass is 389 g/mol. The Morgan fingerprint density at radius 3 is 2.65 bits per heavy atom. The van der Waals surface area contributed by atoms with E-state index in [1.807, 2.05) is 0 Å². The van der Waals surface area contributed by atoms with Crippen molar-refractivity contribution < 1.29 is 13.0 Å². The van der Waals surface area contributed by atoms with E-state index in [2.05, 4.69) is 10.3 Å². The van der Waals surface area contributed by atoms with Crippen molar-refractivity contribution in [3.8, 4) is 11.3 Å². The molecule has 0 aliphatic carbocycles. The SMILES string of the molecule is CNCc1cc(-c2ccccc2[S+](C)[O-])n(S(=O)(=O)c2cccnc2)c1. The molecular weight excluding hydrogens is 370 g/mol. The lowest BCUT2D eigenvalue weighted by atomic mass is 10.1. The largest absolute Gasteiger partial charge is 0.612 e. The van der Waals surface area contributed by atoms with E-state index in [9.17, 15) is 13.0 Å². The second-order valence-electron chi connectivity index (χ2n) is 5.70. The first kappa shape index (κ1) is 18.7. The van der Waals surface area contributed by atoms with Crippen molar-refractivity contribution in [3.05, 3.63) is 66.6 Å². The van der Waals surface area contributed by atoms with Crippen LogP contribution in [0, 0.1) is 0 Å². The minimum Gasteiger partial charge on any atom is -0.612 e. The topological polar surface area (TPSA) is 87.0 Å². The molecule has 0 aliphatic rings. The van der Waals surface area contributed by atoms with E-state index in [0.29, 0.717) is 22.7 Å². The first-order valence-corrected chi connectivity index (χ1v) is 10.9. The fourth-order valence-corrected chi connectivity index (χ4v) is 4.84. The lowest BCUT2D eigenvalue weighted by Gasteiger charge is -2.13. The fraction of sp³-hybridized carbons (Fsp3) is 0.167. The summed E-state index contributed by atoms with van der Waals surface area (Å²) in [5.41, 5.74) is 1.92. The van der Waals surface area contributed by atoms with Crippen LogP contribution in [-0.2, 0) is 27.7 Å². The van der Waals surface area contributed by atoms with E-state index in [1.165, 1.54) is 22.4 Å². The van der Waals surface area contributed by atoms with Crippen LogP contribution in [0.5, 0.6) is 0 Å². The van der Waals surface area contributed by atoms with Gasteiger partial charge in [-0.25, -0.2) is 12.4 Å². The van der Waals surface area contributed by atoms with Gasteiger partial charge in [0, 0.05) is 25.1 Å². The molecule has 1 unspecified atom stereocenters. The first-order valence-electron chi connectivity index (χ1n) is 7.89. The van der Waals surface area contributed by atoms with Gasteiger partial charge in [0.15, 0.2) is 4.90 Å². The second-order valence-corrected chi connectivity index (χ2v) is 8.87. The van der Waals surface area contributed by atoms with Gasteiger partial charge in [-0.15, -0.1) is 0 Å². The molecule has 1 aromatic carbocycles. The Labute approximate surface area is 156 Å². The molecule has 2 aromatic heterocycles. The number of nitrogens with one attached hydrogen (secondary N) is 1. The van der Waals surface area contributed by atoms with E-state index in [1.54, 1.807) is 55.9 Å². The normalized spacial score (nSPS) is 12.9. The van der Waals surface area contributed by atoms with Crippen LogP contribution in [-0.4, -0.2) is 35.2 Å². The Hall–Kier alpha value is -2.13. The Morgan fingerprint density at radius 2 is 2.00 bits per heavy atom. The van der Waals surface area contributed by atoms with Crippen LogP contribution in [0.25, 0.3) is 11.3 Å². The molecule has 0 aliphatic heterocycles. The van der Waals surface area contributed by atoms with Crippen LogP contribution < -0.4 is 5.32 Å². The van der Waals surface area contributed by atoms with Gasteiger partial charge >= 0.3 is 0 Å². The van der Waals surface area contributed by atoms with Crippen molar-refractivity contribution in [2.75, 3.05) is 13.3 Å². The van der Waals surface area contributed by atoms with Gasteiger partial charge in [0.1, 0.15) is 11.2 Å². The second kappa shape index (κ2) is 7.63. The Balaban J connectivity index is 2.25. The molecule has 0 spiro atoms. The molecule has 0 bridgehead atoms. The quantitative estimate of drug-likeness (QED) is 0.654. The number of nitrogens with zero attached hydrogens (tertiary/aromatic N) is 2. The number of aromatic nitrogens is 2. The van der Waals surface area contributed by atoms with Crippen molar-refractivity contribution >= 4 is 21.2 Å². The molecule has 136 valence electrons. The van der Waals surface area contributed by atoms with E-state index in [-0.39, 0.29) is 4.90 Å². The summed E-state index contributed by atoms with van der Waals surface area (Å²) >= 11 is -1.25. The average molecular weight is 390 g/mol. The van der Waals surface area contributed by atoms with Gasteiger partial charge in [-0.3, -0.25) is 4.98 Å². The summed E-state index contributed by atoms with van der Waals surface area (Å²) in [6.45, 7) is 0.514. The van der Waals surface area contributed by atoms with E-state index < -0.39 is 21.2 Å². The number of rotatable bonds is 6. The Bertz CT molecular complexity index is 1000. The summed E-state index contributed by atoms with van der Waals surface area (Å²) in [5.74, 6) is 0. The minimum atomic E-state index is -3.83. The lowest BCUT2D eigenvalue weighted by Crippen LogP contribution is -2.14. The van der Waals surface area contributed by atoms with Gasteiger partial charge in [0.25, 0.3) is 10.0 Å². The predicted molar refractivity (Wildman–Crippen MR) is 102 cm³/mol. The standard InChI is InChI=1S/C18H19N3O3S2/c1-19-11-14-10-17(16-7-3-4-8-18(16)25(2)22)21(13-14)26(23,24)15-6-5-9-20-12-15/h3-10,12-13,19H,11H2,1-2H3. The van der Waals surface area contributed by atoms with E-state index >= 15 is 0 Å². The third-order valence-electron chi connectivity index (χ3n) is 3.89. The smallest absolute Gasteiger partial charge is 0.269 e. The van der Waals surface area contributed by atoms with Crippen molar-refractivity contribution in [1.82, 2.24) is 14.3 Å². The molecule has 0 saturated carbocycles. The number of pyridine rings is 1. The summed E-state index contributed by atoms with van der Waals surface area (Å²) in [4.78, 5) is 4.60. The zero-order valence-electron chi connectivity index (χ0n) is 14.4. The third-order valence-corrected chi connectivity index (χ3v) is 6.52. The zero-order chi connectivity index (χ0) is 18.7. The highest BCUT2D eigenvalue weighted by Gasteiger charge is 2.25. The number of hydrogen-bond donors (Lipinski definition) is 1. The Morgan fingerprint density at radius 1 is 1.23 bits per heavy atom. The van der Waals surface area contributed by atoms with Crippen LogP contribution in [0.2, 0.25) is 0 Å². The maximum Gasteiger partial charge on any atom is 0.269 e. The predicted octanol–water partition coefficient (Wildman–Crippen LogP) is 2.24. The van der Waals surface area contributed by atoms with Gasteiger partial charge in [-0.05, 0) is 54.1 Å². The van der Waals surface area contributed by atoms with Gasteiger partial charge in [0.2, 0.25) is 0 Å². The van der Waals surface area contributed by atoms with Crippen molar-refractivity contribution in [3.63, 3.8) is 0 Å². The minimum absolute atomic E-state index is 0.1000. The van der Waals surface area contributed by atoms with Crippen LogP contribution in [0.4, 0.5) is 0 Å². The summed E-state index contributed by atoms with van der Waals surface area (Å²) in [5, 5.41) is 3.02. The molecule has 6 nitrogen and oxygen atoms in total. The van der Waals surface area contributed by atoms with Crippen LogP contribution in [0.1, 0.15) is 5.56 Å². The summed E-state index contributed by atoms with van der Waals surface area (Å²) in [7, 11) is -2.04. The molecular formula is C18H19N3O3S2. The van der Waals surface area contributed by atoms with Crippen molar-refractivity contribution in [2.24, 2.45) is 0 Å². The fourth-order valence-electron chi connectivity index (χ4n) is 2.73. The van der Waals surface area contributed by atoms with E-state index in [4.69, 9.17) is 0 Å². The number of hydrogen-bond acceptors (Lipinski definition) is 5. The zero-order valence-corrected chi connectivity index (χ0v) is 16.0. The first-order chi connectivity index (χ1) is 12.4. The van der Waals surface area contributed by atoms with Crippen molar-refractivity contribution in [1.29, 1.82) is 0 Å². The third kappa shape index (κ3) is 3.54. The van der Waals surface area contributed by atoms with E-state index in [0.717, 1.165) is 5.56 Å². The highest BCUT2D eigenvalue weighted by molar-refractivity contribution is 7.91. The molecule has 0 saturated heterocycles. The average Bonchev–Trinajstić information content (AvgIpc) is 3.07. The molecule has 26 heavy (non-hydrogen) atoms. The molecule has 1 atom stereocenters. The molecule has 3 aromatic rings. The molecule has 1 N–H and O–H groups in total. The highest BCUT2D eigenvalue weighted by Crippen LogP contribution is 2.31. The molecule has 3 rings (SSSR count). The molecule has 0 fully saturated rings. The van der Waals surface area contributed by atoms with Gasteiger partial charge in [-0.1, -0.05) is 12.1 Å². The van der Waals surface area contributed by atoms with Crippen LogP contribution >= 0.6 is 0 Å². The Kier molecular flexibility index (Phi) is 5.47. The van der Waals surface area contributed by atoms with Crippen LogP contribution in [0.3, 0.4) is 0 Å². The summed E-state index contributed by atoms with van der Waals surface area (Å²) in [6, 6.07) is 12.0. The molecule has 8 heteroatoms. The molecule has 0 amide bonds. The maximum absolute atomic E-state index is 13.2. The summed E-state index contributed by atoms with van der Waals surface area (Å²) < 4.78 is 39.7. The summed E-state index contributed by atoms with van der Waals surface area (Å²) in [6.07, 6.45) is 6.01. The maximum atomic E-state index is 13.2. The number of benzene rings is 1. The van der Waals surface area contributed by atoms with Crippen molar-refractivity contribution in [2.45, 2.75) is 16.3 Å². The van der Waals surface area contributed by atoms with Gasteiger partial charge in [-0.2, -0.15) is 0 Å². The lowest BCUT2D eigenvalue weighted by molar-refractivity contribution is 0.587. The molecule has 2 heterocycles.